The van der Waals surface area contributed by atoms with E-state index in [1.54, 1.807) is 6.20 Å². The Labute approximate surface area is 157 Å². The van der Waals surface area contributed by atoms with Crippen LogP contribution in [0.15, 0.2) is 29.4 Å². The Hall–Kier alpha value is -1.77. The standard InChI is InChI=1S/C17H19BrFN5S/c1-10-13(25-15(11(2)19)14(10)18)9-24(8-4-6-20)17-22-12-5-3-7-21-16(12)23-17/h3,5,7H,2,4,6,8-9,20H2,1H3,(H,21,22,23). The van der Waals surface area contributed by atoms with Gasteiger partial charge >= 0.3 is 0 Å². The first-order valence-corrected chi connectivity index (χ1v) is 9.50. The number of nitrogens with two attached hydrogens (primary N) is 1. The lowest BCUT2D eigenvalue weighted by Crippen LogP contribution is -2.26. The number of pyridine rings is 1. The summed E-state index contributed by atoms with van der Waals surface area (Å²) in [4.78, 5) is 15.9. The maximum atomic E-state index is 13.6. The molecule has 0 saturated heterocycles. The van der Waals surface area contributed by atoms with Gasteiger partial charge in [0.05, 0.1) is 16.9 Å². The molecule has 0 aliphatic carbocycles. The fourth-order valence-corrected chi connectivity index (χ4v) is 4.46. The van der Waals surface area contributed by atoms with Gasteiger partial charge in [0.25, 0.3) is 0 Å². The molecule has 0 saturated carbocycles. The van der Waals surface area contributed by atoms with Gasteiger partial charge < -0.3 is 15.6 Å². The molecule has 0 aromatic carbocycles. The number of imidazole rings is 1. The predicted octanol–water partition coefficient (Wildman–Crippen LogP) is 4.39. The van der Waals surface area contributed by atoms with Gasteiger partial charge in [0, 0.05) is 22.1 Å². The number of hydrogen-bond donors (Lipinski definition) is 2. The third-order valence-electron chi connectivity index (χ3n) is 3.93. The lowest BCUT2D eigenvalue weighted by Gasteiger charge is -2.21. The van der Waals surface area contributed by atoms with Crippen LogP contribution in [0.3, 0.4) is 0 Å². The van der Waals surface area contributed by atoms with Gasteiger partial charge in [-0.1, -0.05) is 6.58 Å². The van der Waals surface area contributed by atoms with E-state index in [-0.39, 0.29) is 0 Å². The second-order valence-electron chi connectivity index (χ2n) is 5.70. The molecule has 0 spiro atoms. The fraction of sp³-hybridized carbons (Fsp3) is 0.294. The molecule has 3 aromatic heterocycles. The Kier molecular flexibility index (Phi) is 5.51. The lowest BCUT2D eigenvalue weighted by atomic mass is 10.2. The molecule has 3 aromatic rings. The maximum Gasteiger partial charge on any atom is 0.205 e. The molecule has 3 rings (SSSR count). The Balaban J connectivity index is 1.94. The van der Waals surface area contributed by atoms with Gasteiger partial charge in [-0.05, 0) is 53.5 Å². The predicted molar refractivity (Wildman–Crippen MR) is 106 cm³/mol. The largest absolute Gasteiger partial charge is 0.337 e. The molecule has 0 amide bonds. The third-order valence-corrected chi connectivity index (χ3v) is 6.49. The first-order valence-electron chi connectivity index (χ1n) is 7.89. The number of rotatable bonds is 7. The second kappa shape index (κ2) is 7.63. The summed E-state index contributed by atoms with van der Waals surface area (Å²) in [5.74, 6) is 0.319. The number of nitrogens with one attached hydrogen (secondary N) is 1. The van der Waals surface area contributed by atoms with Crippen molar-refractivity contribution >= 4 is 50.2 Å². The van der Waals surface area contributed by atoms with Crippen molar-refractivity contribution in [3.8, 4) is 0 Å². The Bertz CT molecular complexity index is 871. The van der Waals surface area contributed by atoms with E-state index < -0.39 is 5.83 Å². The SMILES string of the molecule is C=C(F)c1sc(CN(CCCN)c2nc3ncccc3[nH]2)c(C)c1Br. The van der Waals surface area contributed by atoms with Crippen molar-refractivity contribution in [1.82, 2.24) is 15.0 Å². The highest BCUT2D eigenvalue weighted by molar-refractivity contribution is 9.10. The Morgan fingerprint density at radius 3 is 2.96 bits per heavy atom. The molecule has 132 valence electrons. The number of nitrogens with zero attached hydrogens (tertiary/aromatic N) is 3. The zero-order chi connectivity index (χ0) is 18.0. The van der Waals surface area contributed by atoms with E-state index in [2.05, 4.69) is 42.4 Å². The van der Waals surface area contributed by atoms with Crippen molar-refractivity contribution < 1.29 is 4.39 Å². The summed E-state index contributed by atoms with van der Waals surface area (Å²) in [5, 5.41) is 0. The number of H-pyrrole nitrogens is 1. The van der Waals surface area contributed by atoms with E-state index in [1.807, 2.05) is 19.1 Å². The minimum Gasteiger partial charge on any atom is -0.337 e. The van der Waals surface area contributed by atoms with Crippen molar-refractivity contribution in [3.05, 3.63) is 44.7 Å². The number of anilines is 1. The topological polar surface area (TPSA) is 70.8 Å². The average Bonchev–Trinajstić information content (AvgIpc) is 3.14. The number of thiophene rings is 1. The highest BCUT2D eigenvalue weighted by Crippen LogP contribution is 2.38. The van der Waals surface area contributed by atoms with Crippen molar-refractivity contribution in [2.45, 2.75) is 19.9 Å². The van der Waals surface area contributed by atoms with E-state index in [1.165, 1.54) is 11.3 Å². The van der Waals surface area contributed by atoms with Crippen molar-refractivity contribution in [3.63, 3.8) is 0 Å². The van der Waals surface area contributed by atoms with Crippen LogP contribution in [0, 0.1) is 6.92 Å². The first kappa shape index (κ1) is 18.0. The van der Waals surface area contributed by atoms with Crippen molar-refractivity contribution in [1.29, 1.82) is 0 Å². The quantitative estimate of drug-likeness (QED) is 0.591. The number of aromatic amines is 1. The van der Waals surface area contributed by atoms with Crippen LogP contribution in [0.1, 0.15) is 21.7 Å². The van der Waals surface area contributed by atoms with E-state index in [0.29, 0.717) is 23.6 Å². The van der Waals surface area contributed by atoms with Crippen LogP contribution in [0.2, 0.25) is 0 Å². The molecule has 0 aliphatic heterocycles. The molecule has 0 aliphatic rings. The summed E-state index contributed by atoms with van der Waals surface area (Å²) >= 11 is 4.87. The van der Waals surface area contributed by atoms with E-state index in [4.69, 9.17) is 5.73 Å². The highest BCUT2D eigenvalue weighted by Gasteiger charge is 2.19. The maximum absolute atomic E-state index is 13.6. The molecule has 0 bridgehead atoms. The number of halogens is 2. The average molecular weight is 424 g/mol. The molecule has 3 heterocycles. The molecule has 0 unspecified atom stereocenters. The van der Waals surface area contributed by atoms with Gasteiger partial charge in [0.1, 0.15) is 5.83 Å². The normalized spacial score (nSPS) is 11.2. The molecule has 0 atom stereocenters. The van der Waals surface area contributed by atoms with E-state index >= 15 is 0 Å². The molecule has 3 N–H and O–H groups in total. The molecule has 0 radical (unpaired) electrons. The van der Waals surface area contributed by atoms with Crippen LogP contribution >= 0.6 is 27.3 Å². The van der Waals surface area contributed by atoms with Crippen LogP contribution in [0.5, 0.6) is 0 Å². The van der Waals surface area contributed by atoms with Crippen LogP contribution in [0.25, 0.3) is 17.0 Å². The highest BCUT2D eigenvalue weighted by atomic mass is 79.9. The zero-order valence-corrected chi connectivity index (χ0v) is 16.3. The molecular formula is C17H19BrFN5S. The van der Waals surface area contributed by atoms with Crippen LogP contribution in [-0.4, -0.2) is 28.0 Å². The summed E-state index contributed by atoms with van der Waals surface area (Å²) < 4.78 is 14.4. The fourth-order valence-electron chi connectivity index (χ4n) is 2.56. The molecule has 8 heteroatoms. The van der Waals surface area contributed by atoms with Crippen molar-refractivity contribution in [2.75, 3.05) is 18.0 Å². The Morgan fingerprint density at radius 1 is 1.52 bits per heavy atom. The number of aromatic nitrogens is 3. The van der Waals surface area contributed by atoms with Crippen molar-refractivity contribution in [2.24, 2.45) is 5.73 Å². The molecule has 25 heavy (non-hydrogen) atoms. The molecule has 0 fully saturated rings. The summed E-state index contributed by atoms with van der Waals surface area (Å²) in [5.41, 5.74) is 8.27. The smallest absolute Gasteiger partial charge is 0.205 e. The second-order valence-corrected chi connectivity index (χ2v) is 7.60. The van der Waals surface area contributed by atoms with Crippen LogP contribution < -0.4 is 10.6 Å². The zero-order valence-electron chi connectivity index (χ0n) is 13.9. The minimum absolute atomic E-state index is 0.423. The van der Waals surface area contributed by atoms with Gasteiger partial charge in [-0.25, -0.2) is 9.37 Å². The Morgan fingerprint density at radius 2 is 2.32 bits per heavy atom. The van der Waals surface area contributed by atoms with Crippen LogP contribution in [0.4, 0.5) is 10.3 Å². The van der Waals surface area contributed by atoms with Gasteiger partial charge in [0.15, 0.2) is 5.65 Å². The molecule has 5 nitrogen and oxygen atoms in total. The van der Waals surface area contributed by atoms with E-state index in [0.717, 1.165) is 39.3 Å². The minimum atomic E-state index is -0.423. The monoisotopic (exact) mass is 423 g/mol. The van der Waals surface area contributed by atoms with Gasteiger partial charge in [-0.3, -0.25) is 0 Å². The van der Waals surface area contributed by atoms with E-state index in [9.17, 15) is 4.39 Å². The molecular weight excluding hydrogens is 405 g/mol. The van der Waals surface area contributed by atoms with Gasteiger partial charge in [-0.2, -0.15) is 4.98 Å². The summed E-state index contributed by atoms with van der Waals surface area (Å²) in [7, 11) is 0. The van der Waals surface area contributed by atoms with Gasteiger partial charge in [0.2, 0.25) is 5.95 Å². The van der Waals surface area contributed by atoms with Crippen LogP contribution in [-0.2, 0) is 6.54 Å². The number of fused-ring (bicyclic) bond motifs is 1. The summed E-state index contributed by atoms with van der Waals surface area (Å²) in [6.45, 7) is 7.34. The summed E-state index contributed by atoms with van der Waals surface area (Å²) in [6, 6.07) is 3.81. The first-order chi connectivity index (χ1) is 12.0. The third kappa shape index (κ3) is 3.75. The number of hydrogen-bond acceptors (Lipinski definition) is 5. The lowest BCUT2D eigenvalue weighted by molar-refractivity contribution is 0.723. The summed E-state index contributed by atoms with van der Waals surface area (Å²) in [6.07, 6.45) is 2.55. The van der Waals surface area contributed by atoms with Gasteiger partial charge in [-0.15, -0.1) is 11.3 Å².